The molecule has 1 aliphatic heterocycles. The van der Waals surface area contributed by atoms with Crippen LogP contribution in [0.5, 0.6) is 0 Å². The maximum absolute atomic E-state index is 13.0. The number of fused-ring (bicyclic) bond motifs is 3. The molecule has 0 bridgehead atoms. The molecule has 28 heavy (non-hydrogen) atoms. The van der Waals surface area contributed by atoms with E-state index >= 15 is 0 Å². The minimum absolute atomic E-state index is 0.0193. The molecule has 142 valence electrons. The Balaban J connectivity index is 1.55. The Hall–Kier alpha value is -2.66. The van der Waals surface area contributed by atoms with Gasteiger partial charge in [0.1, 0.15) is 0 Å². The summed E-state index contributed by atoms with van der Waals surface area (Å²) in [5.74, 6) is 0. The first kappa shape index (κ1) is 17.4. The van der Waals surface area contributed by atoms with Crippen molar-refractivity contribution in [2.24, 2.45) is 0 Å². The van der Waals surface area contributed by atoms with Crippen LogP contribution in [0.1, 0.15) is 36.0 Å². The highest BCUT2D eigenvalue weighted by molar-refractivity contribution is 7.15. The average Bonchev–Trinajstić information content (AvgIpc) is 3.20. The molecular weight excluding hydrogens is 366 g/mol. The zero-order chi connectivity index (χ0) is 19.3. The number of aryl methyl sites for hydroxylation is 2. The van der Waals surface area contributed by atoms with Gasteiger partial charge >= 0.3 is 0 Å². The van der Waals surface area contributed by atoms with E-state index in [1.807, 2.05) is 6.08 Å². The number of hydrogen-bond donors (Lipinski definition) is 0. The fourth-order valence-corrected chi connectivity index (χ4v) is 4.99. The third-order valence-electron chi connectivity index (χ3n) is 5.77. The standard InChI is InChI=1S/C23H23N3OS/c1-15-12-19-20(13-16(15)2)26-22(27)21(28-23(26)24-19)14-17-6-8-18(9-7-17)25-10-4-3-5-11-25/h6-9,12-14H,3-5,10-11H2,1-2H3. The lowest BCUT2D eigenvalue weighted by molar-refractivity contribution is 0.578. The van der Waals surface area contributed by atoms with E-state index in [0.29, 0.717) is 0 Å². The van der Waals surface area contributed by atoms with Gasteiger partial charge in [-0.3, -0.25) is 4.79 Å². The third kappa shape index (κ3) is 2.90. The Kier molecular flexibility index (Phi) is 4.20. The highest BCUT2D eigenvalue weighted by atomic mass is 32.1. The van der Waals surface area contributed by atoms with E-state index in [9.17, 15) is 4.79 Å². The van der Waals surface area contributed by atoms with E-state index in [0.717, 1.165) is 39.2 Å². The minimum Gasteiger partial charge on any atom is -0.372 e. The van der Waals surface area contributed by atoms with Crippen LogP contribution in [0.2, 0.25) is 0 Å². The number of nitrogens with zero attached hydrogens (tertiary/aromatic N) is 3. The molecule has 3 heterocycles. The van der Waals surface area contributed by atoms with Gasteiger partial charge in [0.25, 0.3) is 5.56 Å². The van der Waals surface area contributed by atoms with E-state index in [2.05, 4.69) is 60.1 Å². The summed E-state index contributed by atoms with van der Waals surface area (Å²) in [4.78, 5) is 20.9. The summed E-state index contributed by atoms with van der Waals surface area (Å²) in [6, 6.07) is 12.7. The van der Waals surface area contributed by atoms with Crippen LogP contribution in [-0.2, 0) is 0 Å². The number of benzene rings is 2. The first-order chi connectivity index (χ1) is 13.6. The van der Waals surface area contributed by atoms with Crippen molar-refractivity contribution in [3.63, 3.8) is 0 Å². The van der Waals surface area contributed by atoms with E-state index in [4.69, 9.17) is 0 Å². The highest BCUT2D eigenvalue weighted by Gasteiger charge is 2.13. The van der Waals surface area contributed by atoms with Crippen molar-refractivity contribution in [2.45, 2.75) is 33.1 Å². The molecule has 0 atom stereocenters. The summed E-state index contributed by atoms with van der Waals surface area (Å²) in [6.45, 7) is 6.43. The van der Waals surface area contributed by atoms with Crippen molar-refractivity contribution in [3.8, 4) is 0 Å². The number of thiazole rings is 1. The monoisotopic (exact) mass is 389 g/mol. The SMILES string of the molecule is Cc1cc2nc3sc(=Cc4ccc(N5CCCCC5)cc4)c(=O)n3c2cc1C. The van der Waals surface area contributed by atoms with Gasteiger partial charge in [0.15, 0.2) is 4.96 Å². The minimum atomic E-state index is 0.0193. The van der Waals surface area contributed by atoms with E-state index in [1.54, 1.807) is 4.40 Å². The van der Waals surface area contributed by atoms with E-state index in [-0.39, 0.29) is 5.56 Å². The molecule has 0 amide bonds. The van der Waals surface area contributed by atoms with Crippen LogP contribution in [0.25, 0.3) is 22.1 Å². The van der Waals surface area contributed by atoms with Gasteiger partial charge in [-0.05, 0) is 80.1 Å². The molecule has 0 radical (unpaired) electrons. The molecule has 0 unspecified atom stereocenters. The molecule has 2 aromatic heterocycles. The van der Waals surface area contributed by atoms with Crippen molar-refractivity contribution in [3.05, 3.63) is 68.0 Å². The molecule has 4 nitrogen and oxygen atoms in total. The Bertz CT molecular complexity index is 1280. The molecule has 5 heteroatoms. The molecule has 1 saturated heterocycles. The molecule has 0 N–H and O–H groups in total. The second-order valence-electron chi connectivity index (χ2n) is 7.71. The number of hydrogen-bond acceptors (Lipinski definition) is 4. The van der Waals surface area contributed by atoms with Gasteiger partial charge in [-0.1, -0.05) is 23.5 Å². The van der Waals surface area contributed by atoms with Gasteiger partial charge in [0, 0.05) is 18.8 Å². The normalized spacial score (nSPS) is 15.8. The fourth-order valence-electron chi connectivity index (χ4n) is 4.00. The van der Waals surface area contributed by atoms with Crippen molar-refractivity contribution in [1.82, 2.24) is 9.38 Å². The molecule has 5 rings (SSSR count). The molecule has 0 spiro atoms. The van der Waals surface area contributed by atoms with Gasteiger partial charge in [-0.15, -0.1) is 0 Å². The fraction of sp³-hybridized carbons (Fsp3) is 0.304. The Morgan fingerprint density at radius 3 is 2.46 bits per heavy atom. The summed E-state index contributed by atoms with van der Waals surface area (Å²) in [7, 11) is 0. The molecule has 1 fully saturated rings. The van der Waals surface area contributed by atoms with Gasteiger partial charge in [-0.25, -0.2) is 9.38 Å². The predicted octanol–water partition coefficient (Wildman–Crippen LogP) is 4.06. The smallest absolute Gasteiger partial charge is 0.274 e. The van der Waals surface area contributed by atoms with E-state index in [1.165, 1.54) is 47.4 Å². The van der Waals surface area contributed by atoms with Crippen LogP contribution in [0.4, 0.5) is 5.69 Å². The number of piperidine rings is 1. The Morgan fingerprint density at radius 1 is 1.00 bits per heavy atom. The lowest BCUT2D eigenvalue weighted by Gasteiger charge is -2.28. The van der Waals surface area contributed by atoms with Crippen LogP contribution in [0, 0.1) is 13.8 Å². The van der Waals surface area contributed by atoms with Crippen molar-refractivity contribution < 1.29 is 0 Å². The molecular formula is C23H23N3OS. The molecule has 0 saturated carbocycles. The quantitative estimate of drug-likeness (QED) is 0.519. The van der Waals surface area contributed by atoms with Gasteiger partial charge in [0.05, 0.1) is 15.6 Å². The number of rotatable bonds is 2. The number of aromatic nitrogens is 2. The second kappa shape index (κ2) is 6.74. The summed E-state index contributed by atoms with van der Waals surface area (Å²) >= 11 is 1.46. The lowest BCUT2D eigenvalue weighted by atomic mass is 10.1. The summed E-state index contributed by atoms with van der Waals surface area (Å²) in [5.41, 5.74) is 6.52. The maximum atomic E-state index is 13.0. The Morgan fingerprint density at radius 2 is 1.71 bits per heavy atom. The first-order valence-corrected chi connectivity index (χ1v) is 10.7. The van der Waals surface area contributed by atoms with Crippen LogP contribution in [0.3, 0.4) is 0 Å². The number of imidazole rings is 1. The largest absolute Gasteiger partial charge is 0.372 e. The Labute approximate surface area is 167 Å². The summed E-state index contributed by atoms with van der Waals surface area (Å²) in [6.07, 6.45) is 5.86. The topological polar surface area (TPSA) is 37.6 Å². The summed E-state index contributed by atoms with van der Waals surface area (Å²) in [5, 5.41) is 0. The van der Waals surface area contributed by atoms with Crippen molar-refractivity contribution >= 4 is 39.1 Å². The molecule has 0 aliphatic carbocycles. The zero-order valence-electron chi connectivity index (χ0n) is 16.2. The molecule has 4 aromatic rings. The van der Waals surface area contributed by atoms with Gasteiger partial charge in [0.2, 0.25) is 0 Å². The van der Waals surface area contributed by atoms with Crippen LogP contribution >= 0.6 is 11.3 Å². The third-order valence-corrected chi connectivity index (χ3v) is 6.74. The zero-order valence-corrected chi connectivity index (χ0v) is 17.1. The van der Waals surface area contributed by atoms with Crippen LogP contribution < -0.4 is 15.0 Å². The van der Waals surface area contributed by atoms with E-state index < -0.39 is 0 Å². The number of anilines is 1. The van der Waals surface area contributed by atoms with Gasteiger partial charge < -0.3 is 4.90 Å². The van der Waals surface area contributed by atoms with Crippen LogP contribution in [-0.4, -0.2) is 22.5 Å². The predicted molar refractivity (Wildman–Crippen MR) is 118 cm³/mol. The van der Waals surface area contributed by atoms with Crippen molar-refractivity contribution in [1.29, 1.82) is 0 Å². The maximum Gasteiger partial charge on any atom is 0.274 e. The molecule has 1 aliphatic rings. The van der Waals surface area contributed by atoms with Gasteiger partial charge in [-0.2, -0.15) is 0 Å². The van der Waals surface area contributed by atoms with Crippen molar-refractivity contribution in [2.75, 3.05) is 18.0 Å². The second-order valence-corrected chi connectivity index (χ2v) is 8.72. The lowest BCUT2D eigenvalue weighted by Crippen LogP contribution is -2.29. The first-order valence-electron chi connectivity index (χ1n) is 9.89. The molecule has 2 aromatic carbocycles. The van der Waals surface area contributed by atoms with Crippen LogP contribution in [0.15, 0.2) is 41.2 Å². The average molecular weight is 390 g/mol. The summed E-state index contributed by atoms with van der Waals surface area (Å²) < 4.78 is 2.48. The highest BCUT2D eigenvalue weighted by Crippen LogP contribution is 2.22.